The SMILES string of the molecule is O=C(O)Cc1cc(-c2ccc(O)cc2)c2cccoc1-2. The van der Waals surface area contributed by atoms with Crippen LogP contribution in [0.15, 0.2) is 53.1 Å². The van der Waals surface area contributed by atoms with E-state index in [2.05, 4.69) is 0 Å². The van der Waals surface area contributed by atoms with E-state index < -0.39 is 5.97 Å². The quantitative estimate of drug-likeness (QED) is 0.763. The molecule has 0 spiro atoms. The van der Waals surface area contributed by atoms with Gasteiger partial charge < -0.3 is 14.6 Å². The van der Waals surface area contributed by atoms with Gasteiger partial charge in [-0.1, -0.05) is 12.1 Å². The molecule has 0 fully saturated rings. The first-order valence-corrected chi connectivity index (χ1v) is 6.15. The largest absolute Gasteiger partial charge is 0.508 e. The van der Waals surface area contributed by atoms with E-state index in [9.17, 15) is 9.90 Å². The lowest BCUT2D eigenvalue weighted by atomic mass is 10.0. The first-order valence-electron chi connectivity index (χ1n) is 6.15. The summed E-state index contributed by atoms with van der Waals surface area (Å²) in [5.41, 5.74) is 3.33. The van der Waals surface area contributed by atoms with Crippen LogP contribution >= 0.6 is 0 Å². The highest BCUT2D eigenvalue weighted by Crippen LogP contribution is 2.39. The number of aliphatic carboxylic acids is 1. The lowest BCUT2D eigenvalue weighted by Gasteiger charge is -2.04. The number of hydrogen-bond acceptors (Lipinski definition) is 3. The number of phenolic OH excluding ortho intramolecular Hbond substituents is 1. The van der Waals surface area contributed by atoms with Gasteiger partial charge in [-0.15, -0.1) is 0 Å². The van der Waals surface area contributed by atoms with Gasteiger partial charge in [0.05, 0.1) is 12.7 Å². The van der Waals surface area contributed by atoms with Crippen molar-refractivity contribution in [2.75, 3.05) is 0 Å². The first-order chi connectivity index (χ1) is 9.65. The van der Waals surface area contributed by atoms with E-state index in [0.29, 0.717) is 11.3 Å². The highest BCUT2D eigenvalue weighted by Gasteiger charge is 2.20. The molecule has 0 saturated carbocycles. The molecule has 4 nitrogen and oxygen atoms in total. The minimum absolute atomic E-state index is 0.0813. The molecule has 0 bridgehead atoms. The summed E-state index contributed by atoms with van der Waals surface area (Å²) in [6.45, 7) is 0. The fourth-order valence-corrected chi connectivity index (χ4v) is 2.33. The minimum Gasteiger partial charge on any atom is -0.508 e. The Morgan fingerprint density at radius 3 is 2.55 bits per heavy atom. The van der Waals surface area contributed by atoms with Crippen LogP contribution in [0.2, 0.25) is 0 Å². The second kappa shape index (κ2) is 4.74. The summed E-state index contributed by atoms with van der Waals surface area (Å²) in [5, 5.41) is 18.3. The van der Waals surface area contributed by atoms with Gasteiger partial charge in [0.15, 0.2) is 0 Å². The zero-order valence-corrected chi connectivity index (χ0v) is 10.5. The van der Waals surface area contributed by atoms with Crippen LogP contribution in [0.3, 0.4) is 0 Å². The highest BCUT2D eigenvalue weighted by atomic mass is 16.4. The Balaban J connectivity index is 2.15. The molecule has 1 aliphatic carbocycles. The molecule has 0 aromatic heterocycles. The number of carboxylic acids is 1. The van der Waals surface area contributed by atoms with Crippen LogP contribution in [0, 0.1) is 0 Å². The predicted octanol–water partition coefficient (Wildman–Crippen LogP) is 3.38. The molecule has 0 amide bonds. The molecule has 2 N–H and O–H groups in total. The molecule has 1 aromatic carbocycles. The average Bonchev–Trinajstić information content (AvgIpc) is 2.78. The van der Waals surface area contributed by atoms with Crippen LogP contribution < -0.4 is 0 Å². The van der Waals surface area contributed by atoms with Gasteiger partial charge in [-0.3, -0.25) is 4.79 Å². The standard InChI is InChI=1S/C16H12O4/c17-12-5-3-10(4-6-12)14-8-11(9-15(18)19)16-13(14)2-1-7-20-16/h1-8,17H,9H2,(H,18,19). The van der Waals surface area contributed by atoms with E-state index in [0.717, 1.165) is 16.7 Å². The molecule has 0 radical (unpaired) electrons. The smallest absolute Gasteiger partial charge is 0.307 e. The van der Waals surface area contributed by atoms with Crippen LogP contribution in [0.1, 0.15) is 5.56 Å². The summed E-state index contributed by atoms with van der Waals surface area (Å²) in [4.78, 5) is 10.9. The van der Waals surface area contributed by atoms with Gasteiger partial charge in [0.2, 0.25) is 0 Å². The molecule has 0 saturated heterocycles. The van der Waals surface area contributed by atoms with Crippen molar-refractivity contribution >= 4 is 5.97 Å². The van der Waals surface area contributed by atoms with Crippen molar-refractivity contribution in [1.29, 1.82) is 0 Å². The summed E-state index contributed by atoms with van der Waals surface area (Å²) in [6.07, 6.45) is 1.45. The minimum atomic E-state index is -0.895. The van der Waals surface area contributed by atoms with Crippen molar-refractivity contribution in [3.8, 4) is 28.2 Å². The molecule has 1 aliphatic heterocycles. The normalized spacial score (nSPS) is 10.8. The third-order valence-electron chi connectivity index (χ3n) is 3.19. The lowest BCUT2D eigenvalue weighted by molar-refractivity contribution is -0.136. The van der Waals surface area contributed by atoms with Gasteiger partial charge in [-0.2, -0.15) is 0 Å². The number of phenols is 1. The molecule has 20 heavy (non-hydrogen) atoms. The van der Waals surface area contributed by atoms with E-state index >= 15 is 0 Å². The van der Waals surface area contributed by atoms with Crippen LogP contribution in [0.25, 0.3) is 22.5 Å². The number of benzene rings is 1. The second-order valence-electron chi connectivity index (χ2n) is 4.56. The van der Waals surface area contributed by atoms with Gasteiger partial charge >= 0.3 is 5.97 Å². The topological polar surface area (TPSA) is 70.7 Å². The Hall–Kier alpha value is -2.75. The van der Waals surface area contributed by atoms with Crippen LogP contribution in [-0.2, 0) is 11.2 Å². The van der Waals surface area contributed by atoms with Crippen molar-refractivity contribution in [3.63, 3.8) is 0 Å². The van der Waals surface area contributed by atoms with Gasteiger partial charge in [-0.05, 0) is 41.5 Å². The number of rotatable bonds is 3. The summed E-state index contributed by atoms with van der Waals surface area (Å²) in [5.74, 6) is -0.105. The predicted molar refractivity (Wildman–Crippen MR) is 73.8 cm³/mol. The molecule has 100 valence electrons. The average molecular weight is 268 g/mol. The Morgan fingerprint density at radius 1 is 1.10 bits per heavy atom. The van der Waals surface area contributed by atoms with Crippen molar-refractivity contribution in [3.05, 3.63) is 54.3 Å². The third kappa shape index (κ3) is 2.12. The monoisotopic (exact) mass is 268 g/mol. The molecule has 0 unspecified atom stereocenters. The second-order valence-corrected chi connectivity index (χ2v) is 4.56. The third-order valence-corrected chi connectivity index (χ3v) is 3.19. The maximum atomic E-state index is 10.9. The maximum Gasteiger partial charge on any atom is 0.307 e. The summed E-state index contributed by atoms with van der Waals surface area (Å²) in [7, 11) is 0. The van der Waals surface area contributed by atoms with Crippen molar-refractivity contribution < 1.29 is 19.4 Å². The Bertz CT molecular complexity index is 725. The van der Waals surface area contributed by atoms with Crippen LogP contribution in [0.4, 0.5) is 0 Å². The highest BCUT2D eigenvalue weighted by molar-refractivity contribution is 5.88. The van der Waals surface area contributed by atoms with Crippen molar-refractivity contribution in [2.24, 2.45) is 0 Å². The Kier molecular flexibility index (Phi) is 2.91. The van der Waals surface area contributed by atoms with Crippen LogP contribution in [-0.4, -0.2) is 16.2 Å². The Morgan fingerprint density at radius 2 is 1.85 bits per heavy atom. The molecule has 0 atom stereocenters. The molecule has 1 aromatic rings. The molecule has 4 heteroatoms. The first kappa shape index (κ1) is 12.3. The maximum absolute atomic E-state index is 10.9. The Labute approximate surface area is 115 Å². The van der Waals surface area contributed by atoms with Gasteiger partial charge in [0.1, 0.15) is 11.5 Å². The molecule has 3 rings (SSSR count). The van der Waals surface area contributed by atoms with Crippen molar-refractivity contribution in [1.82, 2.24) is 0 Å². The van der Waals surface area contributed by atoms with E-state index in [-0.39, 0.29) is 12.2 Å². The summed E-state index contributed by atoms with van der Waals surface area (Å²) in [6, 6.07) is 12.3. The van der Waals surface area contributed by atoms with Crippen LogP contribution in [0.5, 0.6) is 5.75 Å². The number of carbonyl (C=O) groups is 1. The fraction of sp³-hybridized carbons (Fsp3) is 0.0625. The summed E-state index contributed by atoms with van der Waals surface area (Å²) >= 11 is 0. The van der Waals surface area contributed by atoms with Crippen molar-refractivity contribution in [2.45, 2.75) is 6.42 Å². The zero-order valence-electron chi connectivity index (χ0n) is 10.5. The molecule has 1 heterocycles. The van der Waals surface area contributed by atoms with E-state index in [1.165, 1.54) is 6.26 Å². The number of aromatic hydroxyl groups is 1. The fourth-order valence-electron chi connectivity index (χ4n) is 2.33. The molecule has 2 aliphatic rings. The lowest BCUT2D eigenvalue weighted by Crippen LogP contribution is -1.99. The van der Waals surface area contributed by atoms with Gasteiger partial charge in [0.25, 0.3) is 0 Å². The number of hydrogen-bond donors (Lipinski definition) is 2. The van der Waals surface area contributed by atoms with Gasteiger partial charge in [-0.25, -0.2) is 0 Å². The molecular formula is C16H12O4. The van der Waals surface area contributed by atoms with E-state index in [1.54, 1.807) is 30.3 Å². The van der Waals surface area contributed by atoms with Gasteiger partial charge in [0, 0.05) is 11.1 Å². The molecular weight excluding hydrogens is 256 g/mol. The zero-order chi connectivity index (χ0) is 14.1. The number of carboxylic acid groups (broad SMARTS) is 1. The van der Waals surface area contributed by atoms with E-state index in [1.807, 2.05) is 12.1 Å². The summed E-state index contributed by atoms with van der Waals surface area (Å²) < 4.78 is 5.46. The number of fused-ring (bicyclic) bond motifs is 1. The van der Waals surface area contributed by atoms with E-state index in [4.69, 9.17) is 9.52 Å².